The number of Topliss-reactive ketones (excluding diaryl/α,β-unsaturated/α-hetero) is 1. The minimum Gasteiger partial charge on any atom is -0.294 e. The van der Waals surface area contributed by atoms with Crippen LogP contribution < -0.4 is 0 Å². The molecule has 0 spiro atoms. The van der Waals surface area contributed by atoms with Gasteiger partial charge < -0.3 is 0 Å². The SMILES string of the molecule is C=C(C)[C@@H]1CC[C@]2(C)CC[C@]3(C)[C@H](CC[C@@H]4[C@@]5(C)C/C(=C/c6ccccc6)C(=O)C(C)(C)[C@@H]5CC[C@]43C)[C@@H]12. The van der Waals surface area contributed by atoms with Crippen LogP contribution in [0.1, 0.15) is 112 Å². The minimum atomic E-state index is -0.297. The Morgan fingerprint density at radius 2 is 1.55 bits per heavy atom. The van der Waals surface area contributed by atoms with E-state index in [1.807, 2.05) is 0 Å². The van der Waals surface area contributed by atoms with E-state index in [9.17, 15) is 4.79 Å². The summed E-state index contributed by atoms with van der Waals surface area (Å²) in [4.78, 5) is 14.0. The van der Waals surface area contributed by atoms with Crippen LogP contribution in [0.4, 0.5) is 0 Å². The van der Waals surface area contributed by atoms with Crippen LogP contribution >= 0.6 is 0 Å². The summed E-state index contributed by atoms with van der Waals surface area (Å²) in [6.45, 7) is 22.0. The van der Waals surface area contributed by atoms with Gasteiger partial charge in [0.05, 0.1) is 0 Å². The van der Waals surface area contributed by atoms with Gasteiger partial charge in [0.15, 0.2) is 5.78 Å². The maximum Gasteiger partial charge on any atom is 0.164 e. The second kappa shape index (κ2) is 8.44. The molecule has 206 valence electrons. The standard InChI is InChI=1S/C37H52O/c1-24(2)27-16-18-34(5)20-21-36(7)28(31(27)34)14-15-30-35(6)23-26(22-25-12-10-9-11-13-25)32(38)33(3,4)29(35)17-19-37(30,36)8/h9-13,22,27-31H,1,14-21,23H2,2-8H3/b26-22-/t27-,28+,29-,30+,31+,34+,35-,36+,37+/m0/s1. The van der Waals surface area contributed by atoms with Gasteiger partial charge in [-0.2, -0.15) is 0 Å². The first-order chi connectivity index (χ1) is 17.8. The van der Waals surface area contributed by atoms with Gasteiger partial charge in [0.1, 0.15) is 0 Å². The number of allylic oxidation sites excluding steroid dienone is 2. The summed E-state index contributed by atoms with van der Waals surface area (Å²) in [5.41, 5.74) is 4.77. The van der Waals surface area contributed by atoms with Crippen molar-refractivity contribution in [3.8, 4) is 0 Å². The summed E-state index contributed by atoms with van der Waals surface area (Å²) in [5.74, 6) is 3.87. The van der Waals surface area contributed by atoms with Gasteiger partial charge in [-0.05, 0) is 133 Å². The summed E-state index contributed by atoms with van der Waals surface area (Å²) in [5, 5.41) is 0. The number of carbonyl (C=O) groups is 1. The van der Waals surface area contributed by atoms with Gasteiger partial charge in [-0.3, -0.25) is 4.79 Å². The Labute approximate surface area is 232 Å². The largest absolute Gasteiger partial charge is 0.294 e. The van der Waals surface area contributed by atoms with Crippen LogP contribution in [-0.4, -0.2) is 5.78 Å². The molecular weight excluding hydrogens is 460 g/mol. The van der Waals surface area contributed by atoms with E-state index in [0.717, 1.165) is 23.8 Å². The Balaban J connectivity index is 1.41. The van der Waals surface area contributed by atoms with E-state index < -0.39 is 0 Å². The molecule has 0 saturated heterocycles. The molecular formula is C37H52O. The van der Waals surface area contributed by atoms with Crippen molar-refractivity contribution in [1.82, 2.24) is 0 Å². The second-order valence-corrected chi connectivity index (χ2v) is 16.1. The molecule has 0 heterocycles. The molecule has 0 radical (unpaired) electrons. The van der Waals surface area contributed by atoms with Gasteiger partial charge in [-0.15, -0.1) is 0 Å². The van der Waals surface area contributed by atoms with Crippen molar-refractivity contribution in [2.75, 3.05) is 0 Å². The number of hydrogen-bond acceptors (Lipinski definition) is 1. The summed E-state index contributed by atoms with van der Waals surface area (Å²) >= 11 is 0. The Hall–Kier alpha value is -1.63. The van der Waals surface area contributed by atoms with Crippen LogP contribution in [0.2, 0.25) is 0 Å². The number of carbonyl (C=O) groups excluding carboxylic acids is 1. The zero-order valence-corrected chi connectivity index (χ0v) is 25.3. The van der Waals surface area contributed by atoms with Crippen molar-refractivity contribution in [1.29, 1.82) is 0 Å². The normalized spacial score (nSPS) is 48.6. The molecule has 0 N–H and O–H groups in total. The van der Waals surface area contributed by atoms with Crippen molar-refractivity contribution in [3.63, 3.8) is 0 Å². The molecule has 1 nitrogen and oxygen atoms in total. The maximum atomic E-state index is 14.0. The Bertz CT molecular complexity index is 1170. The molecule has 0 bridgehead atoms. The van der Waals surface area contributed by atoms with Crippen molar-refractivity contribution in [2.24, 2.45) is 56.7 Å². The highest BCUT2D eigenvalue weighted by atomic mass is 16.1. The van der Waals surface area contributed by atoms with Crippen LogP contribution in [0.25, 0.3) is 6.08 Å². The lowest BCUT2D eigenvalue weighted by molar-refractivity contribution is -0.228. The maximum absolute atomic E-state index is 14.0. The van der Waals surface area contributed by atoms with E-state index in [0.29, 0.717) is 39.8 Å². The van der Waals surface area contributed by atoms with Gasteiger partial charge in [-0.1, -0.05) is 84.0 Å². The van der Waals surface area contributed by atoms with Crippen LogP contribution in [0.5, 0.6) is 0 Å². The first-order valence-corrected chi connectivity index (χ1v) is 15.7. The molecule has 0 unspecified atom stereocenters. The van der Waals surface area contributed by atoms with E-state index in [4.69, 9.17) is 0 Å². The quantitative estimate of drug-likeness (QED) is 0.284. The molecule has 0 amide bonds. The summed E-state index contributed by atoms with van der Waals surface area (Å²) < 4.78 is 0. The third kappa shape index (κ3) is 3.38. The molecule has 5 aliphatic carbocycles. The first kappa shape index (κ1) is 26.6. The van der Waals surface area contributed by atoms with Crippen LogP contribution in [0.15, 0.2) is 48.1 Å². The lowest BCUT2D eigenvalue weighted by atomic mass is 9.32. The van der Waals surface area contributed by atoms with Gasteiger partial charge in [-0.25, -0.2) is 0 Å². The van der Waals surface area contributed by atoms with Crippen molar-refractivity contribution in [2.45, 2.75) is 106 Å². The van der Waals surface area contributed by atoms with Crippen LogP contribution in [0, 0.1) is 56.7 Å². The zero-order chi connectivity index (χ0) is 27.3. The third-order valence-electron chi connectivity index (χ3n) is 14.2. The van der Waals surface area contributed by atoms with E-state index in [1.165, 1.54) is 62.5 Å². The molecule has 38 heavy (non-hydrogen) atoms. The van der Waals surface area contributed by atoms with E-state index in [2.05, 4.69) is 91.5 Å². The molecule has 0 aromatic heterocycles. The lowest BCUT2D eigenvalue weighted by Crippen LogP contribution is -2.66. The topological polar surface area (TPSA) is 17.1 Å². The average Bonchev–Trinajstić information content (AvgIpc) is 3.21. The fourth-order valence-corrected chi connectivity index (χ4v) is 12.2. The highest BCUT2D eigenvalue weighted by Gasteiger charge is 2.70. The molecule has 5 aliphatic rings. The van der Waals surface area contributed by atoms with E-state index in [1.54, 1.807) is 0 Å². The minimum absolute atomic E-state index is 0.170. The summed E-state index contributed by atoms with van der Waals surface area (Å²) in [6.07, 6.45) is 13.9. The van der Waals surface area contributed by atoms with Gasteiger partial charge in [0, 0.05) is 5.41 Å². The van der Waals surface area contributed by atoms with E-state index >= 15 is 0 Å². The molecule has 5 saturated carbocycles. The number of benzene rings is 1. The first-order valence-electron chi connectivity index (χ1n) is 15.7. The fraction of sp³-hybridized carbons (Fsp3) is 0.703. The molecule has 6 rings (SSSR count). The van der Waals surface area contributed by atoms with Gasteiger partial charge in [0.2, 0.25) is 0 Å². The highest BCUT2D eigenvalue weighted by molar-refractivity contribution is 6.04. The summed E-state index contributed by atoms with van der Waals surface area (Å²) in [7, 11) is 0. The number of ketones is 1. The Morgan fingerprint density at radius 1 is 0.842 bits per heavy atom. The average molecular weight is 513 g/mol. The Morgan fingerprint density at radius 3 is 2.24 bits per heavy atom. The highest BCUT2D eigenvalue weighted by Crippen LogP contribution is 2.77. The number of rotatable bonds is 2. The van der Waals surface area contributed by atoms with Gasteiger partial charge >= 0.3 is 0 Å². The second-order valence-electron chi connectivity index (χ2n) is 16.1. The lowest BCUT2D eigenvalue weighted by Gasteiger charge is -2.72. The van der Waals surface area contributed by atoms with Crippen LogP contribution in [-0.2, 0) is 4.79 Å². The molecule has 5 fully saturated rings. The molecule has 1 aromatic rings. The van der Waals surface area contributed by atoms with E-state index in [-0.39, 0.29) is 10.8 Å². The van der Waals surface area contributed by atoms with Crippen molar-refractivity contribution >= 4 is 11.9 Å². The zero-order valence-electron chi connectivity index (χ0n) is 25.3. The smallest absolute Gasteiger partial charge is 0.164 e. The van der Waals surface area contributed by atoms with Crippen molar-refractivity contribution in [3.05, 3.63) is 53.6 Å². The number of fused-ring (bicyclic) bond motifs is 7. The molecule has 9 atom stereocenters. The molecule has 0 aliphatic heterocycles. The fourth-order valence-electron chi connectivity index (χ4n) is 12.2. The van der Waals surface area contributed by atoms with Crippen LogP contribution in [0.3, 0.4) is 0 Å². The molecule has 1 aromatic carbocycles. The predicted octanol–water partition coefficient (Wildman–Crippen LogP) is 9.93. The summed E-state index contributed by atoms with van der Waals surface area (Å²) in [6, 6.07) is 10.5. The third-order valence-corrected chi connectivity index (χ3v) is 14.2. The van der Waals surface area contributed by atoms with Crippen molar-refractivity contribution < 1.29 is 4.79 Å². The number of hydrogen-bond donors (Lipinski definition) is 0. The van der Waals surface area contributed by atoms with Gasteiger partial charge in [0.25, 0.3) is 0 Å². The predicted molar refractivity (Wildman–Crippen MR) is 159 cm³/mol. The molecule has 1 heteroatoms. The Kier molecular flexibility index (Phi) is 5.90. The monoisotopic (exact) mass is 512 g/mol.